The molecule has 1 aliphatic rings. The number of hydrogen-bond donors (Lipinski definition) is 1. The van der Waals surface area contributed by atoms with Crippen molar-refractivity contribution < 1.29 is 0 Å². The minimum absolute atomic E-state index is 0.503. The minimum Gasteiger partial charge on any atom is -0.381 e. The van der Waals surface area contributed by atoms with E-state index >= 15 is 0 Å². The van der Waals surface area contributed by atoms with Gasteiger partial charge < -0.3 is 10.6 Å². The van der Waals surface area contributed by atoms with Gasteiger partial charge in [-0.1, -0.05) is 11.6 Å². The van der Waals surface area contributed by atoms with Crippen molar-refractivity contribution >= 4 is 5.82 Å². The molecule has 1 aromatic rings. The maximum Gasteiger partial charge on any atom is 0.165 e. The van der Waals surface area contributed by atoms with Gasteiger partial charge in [0.25, 0.3) is 0 Å². The third-order valence-corrected chi connectivity index (χ3v) is 2.65. The summed E-state index contributed by atoms with van der Waals surface area (Å²) >= 11 is 0. The summed E-state index contributed by atoms with van der Waals surface area (Å²) in [6.07, 6.45) is 5.83. The topological polar surface area (TPSA) is 60.0 Å². The molecule has 0 atom stereocenters. The second-order valence-electron chi connectivity index (χ2n) is 3.81. The Kier molecular flexibility index (Phi) is 2.98. The van der Waals surface area contributed by atoms with E-state index in [1.165, 1.54) is 32.4 Å². The van der Waals surface area contributed by atoms with Crippen LogP contribution < -0.4 is 5.73 Å². The van der Waals surface area contributed by atoms with Gasteiger partial charge in [0.15, 0.2) is 5.82 Å². The zero-order valence-electron chi connectivity index (χ0n) is 8.39. The number of nitrogen functional groups attached to an aromatic ring is 1. The third-order valence-electron chi connectivity index (χ3n) is 2.65. The molecule has 1 aromatic heterocycles. The van der Waals surface area contributed by atoms with E-state index in [1.54, 1.807) is 6.20 Å². The molecule has 0 aliphatic carbocycles. The molecule has 1 saturated heterocycles. The molecular weight excluding hydrogens is 178 g/mol. The van der Waals surface area contributed by atoms with E-state index in [1.807, 2.05) is 4.68 Å². The van der Waals surface area contributed by atoms with Crippen LogP contribution in [0.4, 0.5) is 5.82 Å². The molecule has 5 heteroatoms. The van der Waals surface area contributed by atoms with Crippen LogP contribution in [0.2, 0.25) is 0 Å². The summed E-state index contributed by atoms with van der Waals surface area (Å²) in [7, 11) is 0. The van der Waals surface area contributed by atoms with Crippen molar-refractivity contribution in [1.29, 1.82) is 0 Å². The Hall–Kier alpha value is -1.10. The highest BCUT2D eigenvalue weighted by molar-refractivity contribution is 5.19. The van der Waals surface area contributed by atoms with Crippen LogP contribution in [0.5, 0.6) is 0 Å². The molecule has 1 aliphatic heterocycles. The van der Waals surface area contributed by atoms with Crippen LogP contribution in [0.25, 0.3) is 0 Å². The van der Waals surface area contributed by atoms with Gasteiger partial charge >= 0.3 is 0 Å². The Balaban J connectivity index is 1.76. The van der Waals surface area contributed by atoms with E-state index < -0.39 is 0 Å². The first-order chi connectivity index (χ1) is 6.84. The van der Waals surface area contributed by atoms with Gasteiger partial charge in [0.2, 0.25) is 0 Å². The summed E-state index contributed by atoms with van der Waals surface area (Å²) in [5.74, 6) is 0.503. The zero-order chi connectivity index (χ0) is 9.80. The van der Waals surface area contributed by atoms with Crippen LogP contribution in [0.3, 0.4) is 0 Å². The molecule has 2 heterocycles. The maximum absolute atomic E-state index is 5.48. The molecular formula is C9H17N5. The monoisotopic (exact) mass is 195 g/mol. The molecule has 0 amide bonds. The van der Waals surface area contributed by atoms with E-state index in [4.69, 9.17) is 5.73 Å². The highest BCUT2D eigenvalue weighted by Crippen LogP contribution is 2.08. The molecule has 0 aromatic carbocycles. The average Bonchev–Trinajstić information content (AvgIpc) is 2.63. The maximum atomic E-state index is 5.48. The highest BCUT2D eigenvalue weighted by Gasteiger charge is 2.09. The molecule has 1 fully saturated rings. The molecule has 78 valence electrons. The third kappa shape index (κ3) is 2.45. The number of hydrogen-bond acceptors (Lipinski definition) is 4. The molecule has 2 N–H and O–H groups in total. The number of piperidine rings is 1. The number of nitrogens with zero attached hydrogens (tertiary/aromatic N) is 4. The molecule has 5 nitrogen and oxygen atoms in total. The van der Waals surface area contributed by atoms with E-state index in [2.05, 4.69) is 15.2 Å². The van der Waals surface area contributed by atoms with Crippen LogP contribution >= 0.6 is 0 Å². The van der Waals surface area contributed by atoms with Crippen LogP contribution in [0.15, 0.2) is 6.20 Å². The normalized spacial score (nSPS) is 18.6. The number of nitrogens with two attached hydrogens (primary N) is 1. The SMILES string of the molecule is Nc1cn(CCN2CCCCC2)nn1. The fraction of sp³-hybridized carbons (Fsp3) is 0.778. The Morgan fingerprint density at radius 1 is 1.21 bits per heavy atom. The predicted octanol–water partition coefficient (Wildman–Crippen LogP) is 0.346. The minimum atomic E-state index is 0.503. The second-order valence-corrected chi connectivity index (χ2v) is 3.81. The Labute approximate surface area is 83.9 Å². The van der Waals surface area contributed by atoms with Crippen molar-refractivity contribution in [2.75, 3.05) is 25.4 Å². The summed E-state index contributed by atoms with van der Waals surface area (Å²) in [5, 5.41) is 7.67. The molecule has 0 spiro atoms. The molecule has 14 heavy (non-hydrogen) atoms. The zero-order valence-corrected chi connectivity index (χ0v) is 8.39. The van der Waals surface area contributed by atoms with Gasteiger partial charge in [-0.3, -0.25) is 0 Å². The summed E-state index contributed by atoms with van der Waals surface area (Å²) < 4.78 is 1.81. The predicted molar refractivity (Wildman–Crippen MR) is 54.7 cm³/mol. The first kappa shape index (κ1) is 9.45. The highest BCUT2D eigenvalue weighted by atomic mass is 15.4. The van der Waals surface area contributed by atoms with E-state index in [0.717, 1.165) is 13.1 Å². The van der Waals surface area contributed by atoms with E-state index in [0.29, 0.717) is 5.82 Å². The number of anilines is 1. The molecule has 2 rings (SSSR count). The number of likely N-dealkylation sites (tertiary alicyclic amines) is 1. The van der Waals surface area contributed by atoms with Gasteiger partial charge in [-0.15, -0.1) is 5.10 Å². The van der Waals surface area contributed by atoms with Gasteiger partial charge in [0.05, 0.1) is 12.7 Å². The summed E-state index contributed by atoms with van der Waals surface area (Å²) in [6, 6.07) is 0. The lowest BCUT2D eigenvalue weighted by atomic mass is 10.1. The molecule has 0 radical (unpaired) electrons. The van der Waals surface area contributed by atoms with Crippen molar-refractivity contribution in [3.8, 4) is 0 Å². The van der Waals surface area contributed by atoms with Crippen molar-refractivity contribution in [2.24, 2.45) is 0 Å². The molecule has 0 saturated carbocycles. The lowest BCUT2D eigenvalue weighted by Crippen LogP contribution is -2.32. The van der Waals surface area contributed by atoms with Crippen molar-refractivity contribution in [3.05, 3.63) is 6.20 Å². The summed E-state index contributed by atoms with van der Waals surface area (Å²) in [6.45, 7) is 4.40. The lowest BCUT2D eigenvalue weighted by Gasteiger charge is -2.25. The van der Waals surface area contributed by atoms with E-state index in [-0.39, 0.29) is 0 Å². The molecule has 0 unspecified atom stereocenters. The Morgan fingerprint density at radius 3 is 2.64 bits per heavy atom. The first-order valence-corrected chi connectivity index (χ1v) is 5.22. The second kappa shape index (κ2) is 4.41. The number of aromatic nitrogens is 3. The van der Waals surface area contributed by atoms with Crippen LogP contribution in [-0.4, -0.2) is 39.5 Å². The van der Waals surface area contributed by atoms with Crippen molar-refractivity contribution in [3.63, 3.8) is 0 Å². The fourth-order valence-corrected chi connectivity index (χ4v) is 1.85. The largest absolute Gasteiger partial charge is 0.381 e. The number of rotatable bonds is 3. The van der Waals surface area contributed by atoms with Crippen molar-refractivity contribution in [1.82, 2.24) is 19.9 Å². The average molecular weight is 195 g/mol. The van der Waals surface area contributed by atoms with Crippen molar-refractivity contribution in [2.45, 2.75) is 25.8 Å². The van der Waals surface area contributed by atoms with Crippen LogP contribution in [-0.2, 0) is 6.54 Å². The Bertz CT molecular complexity index is 276. The van der Waals surface area contributed by atoms with Gasteiger partial charge in [0, 0.05) is 6.54 Å². The van der Waals surface area contributed by atoms with E-state index in [9.17, 15) is 0 Å². The quantitative estimate of drug-likeness (QED) is 0.756. The van der Waals surface area contributed by atoms with Gasteiger partial charge in [-0.25, -0.2) is 4.68 Å². The fourth-order valence-electron chi connectivity index (χ4n) is 1.85. The van der Waals surface area contributed by atoms with Crippen LogP contribution in [0, 0.1) is 0 Å². The van der Waals surface area contributed by atoms with Gasteiger partial charge in [0.1, 0.15) is 0 Å². The first-order valence-electron chi connectivity index (χ1n) is 5.22. The van der Waals surface area contributed by atoms with Gasteiger partial charge in [-0.2, -0.15) is 0 Å². The smallest absolute Gasteiger partial charge is 0.165 e. The van der Waals surface area contributed by atoms with Crippen LogP contribution in [0.1, 0.15) is 19.3 Å². The lowest BCUT2D eigenvalue weighted by molar-refractivity contribution is 0.217. The standard InChI is InChI=1S/C9H17N5/c10-9-8-14(12-11-9)7-6-13-4-2-1-3-5-13/h8H,1-7,10H2. The summed E-state index contributed by atoms with van der Waals surface area (Å²) in [4.78, 5) is 2.47. The van der Waals surface area contributed by atoms with Gasteiger partial charge in [-0.05, 0) is 25.9 Å². The molecule has 0 bridgehead atoms. The Morgan fingerprint density at radius 2 is 2.00 bits per heavy atom. The summed E-state index contributed by atoms with van der Waals surface area (Å²) in [5.41, 5.74) is 5.48.